The summed E-state index contributed by atoms with van der Waals surface area (Å²) in [5.74, 6) is -2.34. The molecule has 2 aromatic carbocycles. The number of hydrogen-bond acceptors (Lipinski definition) is 5. The van der Waals surface area contributed by atoms with Gasteiger partial charge in [0.05, 0.1) is 17.8 Å². The molecule has 3 heterocycles. The highest BCUT2D eigenvalue weighted by Crippen LogP contribution is 2.47. The molecule has 1 aliphatic heterocycles. The highest BCUT2D eigenvalue weighted by molar-refractivity contribution is 6.06. The van der Waals surface area contributed by atoms with Crippen LogP contribution in [0, 0.1) is 5.82 Å². The number of nitrogens with zero attached hydrogens (tertiary/aromatic N) is 1. The molecule has 12 heteroatoms. The Labute approximate surface area is 218 Å². The van der Waals surface area contributed by atoms with Crippen molar-refractivity contribution >= 4 is 22.7 Å². The zero-order valence-electron chi connectivity index (χ0n) is 20.4. The van der Waals surface area contributed by atoms with E-state index >= 15 is 0 Å². The van der Waals surface area contributed by atoms with Crippen LogP contribution in [0.4, 0.5) is 17.6 Å². The lowest BCUT2D eigenvalue weighted by Gasteiger charge is -2.31. The summed E-state index contributed by atoms with van der Waals surface area (Å²) in [5.41, 5.74) is 0.128. The molecule has 0 bridgehead atoms. The van der Waals surface area contributed by atoms with Gasteiger partial charge in [0.15, 0.2) is 0 Å². The van der Waals surface area contributed by atoms with Crippen LogP contribution in [-0.2, 0) is 15.8 Å². The molecule has 4 aromatic rings. The number of amides is 2. The third-order valence-corrected chi connectivity index (χ3v) is 6.97. The third-order valence-electron chi connectivity index (χ3n) is 6.97. The van der Waals surface area contributed by atoms with Gasteiger partial charge < -0.3 is 25.9 Å². The third kappa shape index (κ3) is 4.26. The van der Waals surface area contributed by atoms with Gasteiger partial charge in [-0.15, -0.1) is 0 Å². The Morgan fingerprint density at radius 2 is 1.87 bits per heavy atom. The quantitative estimate of drug-likeness (QED) is 0.276. The molecule has 0 saturated heterocycles. The number of aromatic nitrogens is 2. The Bertz CT molecular complexity index is 1600. The van der Waals surface area contributed by atoms with Crippen molar-refractivity contribution in [2.24, 2.45) is 5.73 Å². The van der Waals surface area contributed by atoms with E-state index in [1.165, 1.54) is 25.3 Å². The summed E-state index contributed by atoms with van der Waals surface area (Å²) < 4.78 is 62.7. The lowest BCUT2D eigenvalue weighted by molar-refractivity contribution is -0.265. The summed E-state index contributed by atoms with van der Waals surface area (Å²) in [6.45, 7) is -0.179. The molecular formula is C27H22F4N4O4. The van der Waals surface area contributed by atoms with Crippen molar-refractivity contribution in [1.82, 2.24) is 15.3 Å². The minimum atomic E-state index is -5.32. The van der Waals surface area contributed by atoms with Crippen LogP contribution >= 0.6 is 0 Å². The lowest BCUT2D eigenvalue weighted by atomic mass is 9.81. The zero-order valence-corrected chi connectivity index (χ0v) is 20.4. The fraction of sp³-hybridized carbons (Fsp3) is 0.222. The SMILES string of the molecule is C[C@]1(C(N)=O)COc2c1cc(C(O)(CNC(=O)c1c[nH]c3ccccc13)C(F)(F)F)nc2-c1ccc(F)cc1. The number of pyridine rings is 1. The first-order valence-electron chi connectivity index (χ1n) is 11.7. The first kappa shape index (κ1) is 26.2. The van der Waals surface area contributed by atoms with Crippen LogP contribution in [0.2, 0.25) is 0 Å². The van der Waals surface area contributed by atoms with Crippen LogP contribution in [0.1, 0.15) is 28.5 Å². The van der Waals surface area contributed by atoms with E-state index in [2.05, 4.69) is 15.3 Å². The minimum absolute atomic E-state index is 0.0148. The van der Waals surface area contributed by atoms with Crippen LogP contribution in [-0.4, -0.2) is 46.2 Å². The summed E-state index contributed by atoms with van der Waals surface area (Å²) in [6.07, 6.45) is -3.97. The van der Waals surface area contributed by atoms with Crippen molar-refractivity contribution in [1.29, 1.82) is 0 Å². The number of hydrogen-bond donors (Lipinski definition) is 4. The number of carbonyl (C=O) groups is 2. The second-order valence-electron chi connectivity index (χ2n) is 9.51. The number of H-pyrrole nitrogens is 1. The van der Waals surface area contributed by atoms with Crippen LogP contribution in [0.5, 0.6) is 5.75 Å². The van der Waals surface area contributed by atoms with E-state index in [1.807, 2.05) is 0 Å². The Balaban J connectivity index is 1.61. The predicted octanol–water partition coefficient (Wildman–Crippen LogP) is 3.68. The number of carbonyl (C=O) groups excluding carboxylic acids is 2. The van der Waals surface area contributed by atoms with Gasteiger partial charge in [0.2, 0.25) is 11.5 Å². The molecule has 0 radical (unpaired) electrons. The molecule has 39 heavy (non-hydrogen) atoms. The summed E-state index contributed by atoms with van der Waals surface area (Å²) in [5, 5.41) is 13.7. The fourth-order valence-corrected chi connectivity index (χ4v) is 4.50. The number of ether oxygens (including phenoxy) is 1. The number of halogens is 4. The predicted molar refractivity (Wildman–Crippen MR) is 132 cm³/mol. The Morgan fingerprint density at radius 1 is 1.18 bits per heavy atom. The molecule has 2 amide bonds. The Morgan fingerprint density at radius 3 is 2.54 bits per heavy atom. The zero-order chi connectivity index (χ0) is 28.2. The number of benzene rings is 2. The van der Waals surface area contributed by atoms with Gasteiger partial charge >= 0.3 is 6.18 Å². The number of para-hydroxylation sites is 1. The van der Waals surface area contributed by atoms with Crippen molar-refractivity contribution in [3.05, 3.63) is 83.4 Å². The van der Waals surface area contributed by atoms with Crippen LogP contribution in [0.15, 0.2) is 60.8 Å². The van der Waals surface area contributed by atoms with Crippen LogP contribution in [0.25, 0.3) is 22.2 Å². The van der Waals surface area contributed by atoms with E-state index in [4.69, 9.17) is 10.5 Å². The van der Waals surface area contributed by atoms with E-state index < -0.39 is 47.1 Å². The largest absolute Gasteiger partial charge is 0.489 e. The summed E-state index contributed by atoms with van der Waals surface area (Å²) in [7, 11) is 0. The first-order chi connectivity index (χ1) is 18.3. The average molecular weight is 542 g/mol. The van der Waals surface area contributed by atoms with Gasteiger partial charge in [-0.1, -0.05) is 18.2 Å². The number of fused-ring (bicyclic) bond motifs is 2. The van der Waals surface area contributed by atoms with Gasteiger partial charge in [0, 0.05) is 28.2 Å². The number of rotatable bonds is 6. The van der Waals surface area contributed by atoms with Gasteiger partial charge in [-0.05, 0) is 43.3 Å². The van der Waals surface area contributed by atoms with E-state index in [9.17, 15) is 32.3 Å². The fourth-order valence-electron chi connectivity index (χ4n) is 4.50. The summed E-state index contributed by atoms with van der Waals surface area (Å²) in [4.78, 5) is 32.1. The second-order valence-corrected chi connectivity index (χ2v) is 9.51. The molecule has 0 saturated carbocycles. The van der Waals surface area contributed by atoms with E-state index in [-0.39, 0.29) is 34.7 Å². The molecule has 202 valence electrons. The van der Waals surface area contributed by atoms with Gasteiger partial charge in [-0.3, -0.25) is 9.59 Å². The van der Waals surface area contributed by atoms with E-state index in [0.717, 1.165) is 18.2 Å². The molecule has 5 rings (SSSR count). The molecule has 2 aromatic heterocycles. The molecule has 1 unspecified atom stereocenters. The van der Waals surface area contributed by atoms with Crippen LogP contribution in [0.3, 0.4) is 0 Å². The van der Waals surface area contributed by atoms with Crippen LogP contribution < -0.4 is 15.8 Å². The van der Waals surface area contributed by atoms with Crippen molar-refractivity contribution in [3.63, 3.8) is 0 Å². The monoisotopic (exact) mass is 542 g/mol. The molecule has 1 aliphatic rings. The van der Waals surface area contributed by atoms with Crippen molar-refractivity contribution in [3.8, 4) is 17.0 Å². The minimum Gasteiger partial charge on any atom is -0.489 e. The summed E-state index contributed by atoms with van der Waals surface area (Å²) in [6, 6.07) is 12.3. The van der Waals surface area contributed by atoms with Gasteiger partial charge in [-0.2, -0.15) is 13.2 Å². The molecule has 0 aliphatic carbocycles. The number of nitrogens with two attached hydrogens (primary N) is 1. The maximum absolute atomic E-state index is 14.5. The highest BCUT2D eigenvalue weighted by atomic mass is 19.4. The first-order valence-corrected chi connectivity index (χ1v) is 11.7. The molecule has 0 fully saturated rings. The standard InChI is InChI=1S/C27H22F4N4O4/c1-25(24(32)37)13-39-22-18(25)10-20(35-21(22)14-6-8-15(28)9-7-14)26(38,27(29,30)31)12-34-23(36)17-11-33-19-5-3-2-4-16(17)19/h2-11,33,38H,12-13H2,1H3,(H2,32,37)(H,34,36)/t25-,26?/m0/s1. The average Bonchev–Trinajstić information content (AvgIpc) is 3.49. The number of aromatic amines is 1. The molecule has 5 N–H and O–H groups in total. The van der Waals surface area contributed by atoms with Crippen molar-refractivity contribution < 1.29 is 37.0 Å². The van der Waals surface area contributed by atoms with E-state index in [0.29, 0.717) is 10.9 Å². The molecule has 2 atom stereocenters. The van der Waals surface area contributed by atoms with Gasteiger partial charge in [-0.25, -0.2) is 9.37 Å². The topological polar surface area (TPSA) is 130 Å². The van der Waals surface area contributed by atoms with E-state index in [1.54, 1.807) is 24.3 Å². The number of aliphatic hydroxyl groups is 1. The summed E-state index contributed by atoms with van der Waals surface area (Å²) >= 11 is 0. The Kier molecular flexibility index (Phi) is 6.10. The second kappa shape index (κ2) is 9.09. The number of primary amides is 1. The van der Waals surface area contributed by atoms with Gasteiger partial charge in [0.1, 0.15) is 29.3 Å². The Hall–Kier alpha value is -4.45. The maximum Gasteiger partial charge on any atom is 0.424 e. The smallest absolute Gasteiger partial charge is 0.424 e. The molecule has 8 nitrogen and oxygen atoms in total. The van der Waals surface area contributed by atoms with Crippen molar-refractivity contribution in [2.75, 3.05) is 13.2 Å². The van der Waals surface area contributed by atoms with Crippen molar-refractivity contribution in [2.45, 2.75) is 24.1 Å². The molecule has 0 spiro atoms. The number of nitrogens with one attached hydrogen (secondary N) is 2. The lowest BCUT2D eigenvalue weighted by Crippen LogP contribution is -2.51. The maximum atomic E-state index is 14.5. The number of alkyl halides is 3. The molecular weight excluding hydrogens is 520 g/mol. The van der Waals surface area contributed by atoms with Gasteiger partial charge in [0.25, 0.3) is 5.91 Å². The normalized spacial score (nSPS) is 18.3. The highest BCUT2D eigenvalue weighted by Gasteiger charge is 2.57.